The molecule has 2 fully saturated rings. The minimum absolute atomic E-state index is 0.178. The Hall–Kier alpha value is -2.24. The van der Waals surface area contributed by atoms with Gasteiger partial charge in [0.15, 0.2) is 0 Å². The highest BCUT2D eigenvalue weighted by Crippen LogP contribution is 2.38. The molecule has 10 nitrogen and oxygen atoms in total. The van der Waals surface area contributed by atoms with Crippen LogP contribution in [0.25, 0.3) is 0 Å². The molecular weight excluding hydrogens is 354 g/mol. The van der Waals surface area contributed by atoms with E-state index in [-0.39, 0.29) is 13.0 Å². The van der Waals surface area contributed by atoms with E-state index in [0.29, 0.717) is 17.9 Å². The Morgan fingerprint density at radius 3 is 2.64 bits per heavy atom. The summed E-state index contributed by atoms with van der Waals surface area (Å²) < 4.78 is 35.1. The predicted octanol–water partition coefficient (Wildman–Crippen LogP) is 0.643. The fraction of sp³-hybridized carbons (Fsp3) is 0.500. The summed E-state index contributed by atoms with van der Waals surface area (Å²) in [5.74, 6) is -1.46. The zero-order valence-electron chi connectivity index (χ0n) is 13.1. The number of carboxylic acids is 1. The maximum atomic E-state index is 12.5. The number of rotatable bonds is 6. The molecule has 1 aromatic heterocycles. The lowest BCUT2D eigenvalue weighted by Crippen LogP contribution is -2.44. The molecule has 2 saturated heterocycles. The summed E-state index contributed by atoms with van der Waals surface area (Å²) in [6, 6.07) is 1.78. The van der Waals surface area contributed by atoms with Crippen molar-refractivity contribution in [1.82, 2.24) is 14.9 Å². The van der Waals surface area contributed by atoms with E-state index in [1.54, 1.807) is 24.5 Å². The van der Waals surface area contributed by atoms with Crippen molar-refractivity contribution < 1.29 is 31.9 Å². The lowest BCUT2D eigenvalue weighted by molar-refractivity contribution is -0.137. The Bertz CT molecular complexity index is 770. The lowest BCUT2D eigenvalue weighted by atomic mass is 9.83. The molecule has 3 heterocycles. The van der Waals surface area contributed by atoms with Gasteiger partial charge in [0.2, 0.25) is 0 Å². The number of amides is 2. The molecule has 0 aromatic carbocycles. The number of nitrogens with zero attached hydrogens (tertiary/aromatic N) is 3. The van der Waals surface area contributed by atoms with Crippen molar-refractivity contribution in [2.45, 2.75) is 37.3 Å². The molecule has 136 valence electrons. The number of carbonyl (C=O) groups excluding carboxylic acids is 1. The van der Waals surface area contributed by atoms with E-state index < -0.39 is 40.4 Å². The minimum atomic E-state index is -4.81. The Balaban J connectivity index is 1.87. The van der Waals surface area contributed by atoms with Gasteiger partial charge in [-0.15, -0.1) is 4.28 Å². The molecule has 11 heteroatoms. The first-order valence-electron chi connectivity index (χ1n) is 7.65. The Kier molecular flexibility index (Phi) is 4.62. The van der Waals surface area contributed by atoms with Crippen LogP contribution in [0.5, 0.6) is 0 Å². The zero-order valence-corrected chi connectivity index (χ0v) is 13.9. The molecule has 2 amide bonds. The topological polar surface area (TPSA) is 137 Å². The van der Waals surface area contributed by atoms with E-state index in [0.717, 1.165) is 5.56 Å². The molecule has 0 aliphatic carbocycles. The van der Waals surface area contributed by atoms with Crippen molar-refractivity contribution in [2.75, 3.05) is 6.54 Å². The molecule has 2 N–H and O–H groups in total. The molecule has 0 radical (unpaired) electrons. The van der Waals surface area contributed by atoms with Gasteiger partial charge >= 0.3 is 22.4 Å². The normalized spacial score (nSPS) is 24.4. The van der Waals surface area contributed by atoms with Crippen LogP contribution in [-0.4, -0.2) is 63.7 Å². The van der Waals surface area contributed by atoms with Crippen LogP contribution in [-0.2, 0) is 19.5 Å². The second-order valence-corrected chi connectivity index (χ2v) is 7.05. The van der Waals surface area contributed by atoms with Gasteiger partial charge in [-0.2, -0.15) is 13.5 Å². The van der Waals surface area contributed by atoms with Crippen LogP contribution in [0.2, 0.25) is 0 Å². The molecule has 1 aromatic rings. The molecule has 25 heavy (non-hydrogen) atoms. The van der Waals surface area contributed by atoms with E-state index in [1.807, 2.05) is 0 Å². The second kappa shape index (κ2) is 6.58. The molecule has 3 atom stereocenters. The van der Waals surface area contributed by atoms with Gasteiger partial charge in [0.05, 0.1) is 12.5 Å². The molecule has 2 aliphatic rings. The second-order valence-electron chi connectivity index (χ2n) is 6.05. The van der Waals surface area contributed by atoms with Gasteiger partial charge in [-0.3, -0.25) is 14.3 Å². The highest BCUT2D eigenvalue weighted by atomic mass is 32.3. The predicted molar refractivity (Wildman–Crippen MR) is 82.6 cm³/mol. The molecule has 0 saturated carbocycles. The number of fused-ring (bicyclic) bond motifs is 2. The summed E-state index contributed by atoms with van der Waals surface area (Å²) in [5, 5.41) is 9.90. The number of carboxylic acid groups (broad SMARTS) is 1. The number of aromatic nitrogens is 1. The SMILES string of the molecule is O=C(O)CC(c1ccncc1)C1CC[C@@H]2CN1C(=O)N2OS(=O)(=O)O. The van der Waals surface area contributed by atoms with Gasteiger partial charge in [-0.1, -0.05) is 0 Å². The summed E-state index contributed by atoms with van der Waals surface area (Å²) in [6.45, 7) is 0.209. The van der Waals surface area contributed by atoms with Crippen LogP contribution in [0.15, 0.2) is 24.5 Å². The third-order valence-corrected chi connectivity index (χ3v) is 4.89. The summed E-state index contributed by atoms with van der Waals surface area (Å²) in [6.07, 6.45) is 3.85. The first-order chi connectivity index (χ1) is 11.8. The molecular formula is C14H17N3O7S. The highest BCUT2D eigenvalue weighted by Gasteiger charge is 2.49. The van der Waals surface area contributed by atoms with Crippen LogP contribution < -0.4 is 0 Å². The average Bonchev–Trinajstić information content (AvgIpc) is 2.78. The number of aliphatic carboxylic acids is 1. The van der Waals surface area contributed by atoms with Gasteiger partial charge < -0.3 is 10.0 Å². The summed E-state index contributed by atoms with van der Waals surface area (Å²) >= 11 is 0. The third kappa shape index (κ3) is 3.72. The Morgan fingerprint density at radius 2 is 2.04 bits per heavy atom. The smallest absolute Gasteiger partial charge is 0.418 e. The van der Waals surface area contributed by atoms with Gasteiger partial charge in [0, 0.05) is 30.9 Å². The maximum Gasteiger partial charge on any atom is 0.418 e. The van der Waals surface area contributed by atoms with Crippen LogP contribution in [0.3, 0.4) is 0 Å². The zero-order chi connectivity index (χ0) is 18.2. The lowest BCUT2D eigenvalue weighted by Gasteiger charge is -2.36. The van der Waals surface area contributed by atoms with E-state index in [9.17, 15) is 23.1 Å². The summed E-state index contributed by atoms with van der Waals surface area (Å²) in [7, 11) is -4.81. The van der Waals surface area contributed by atoms with Crippen molar-refractivity contribution in [2.24, 2.45) is 0 Å². The number of urea groups is 1. The van der Waals surface area contributed by atoms with Crippen molar-refractivity contribution >= 4 is 22.4 Å². The van der Waals surface area contributed by atoms with Crippen molar-refractivity contribution in [3.05, 3.63) is 30.1 Å². The van der Waals surface area contributed by atoms with E-state index in [1.165, 1.54) is 4.90 Å². The number of piperidine rings is 1. The minimum Gasteiger partial charge on any atom is -0.481 e. The number of hydrogen-bond donors (Lipinski definition) is 2. The van der Waals surface area contributed by atoms with E-state index >= 15 is 0 Å². The van der Waals surface area contributed by atoms with Crippen LogP contribution in [0, 0.1) is 0 Å². The van der Waals surface area contributed by atoms with Gasteiger partial charge in [-0.05, 0) is 30.5 Å². The molecule has 0 spiro atoms. The Morgan fingerprint density at radius 1 is 1.36 bits per heavy atom. The van der Waals surface area contributed by atoms with Crippen molar-refractivity contribution in [1.29, 1.82) is 0 Å². The number of carbonyl (C=O) groups is 2. The highest BCUT2D eigenvalue weighted by molar-refractivity contribution is 7.80. The van der Waals surface area contributed by atoms with E-state index in [2.05, 4.69) is 9.27 Å². The largest absolute Gasteiger partial charge is 0.481 e. The fourth-order valence-electron chi connectivity index (χ4n) is 3.55. The van der Waals surface area contributed by atoms with Gasteiger partial charge in [0.1, 0.15) is 0 Å². The number of hydrogen-bond acceptors (Lipinski definition) is 6. The third-order valence-electron chi connectivity index (χ3n) is 4.54. The van der Waals surface area contributed by atoms with Crippen molar-refractivity contribution in [3.63, 3.8) is 0 Å². The molecule has 2 bridgehead atoms. The number of hydroxylamine groups is 2. The monoisotopic (exact) mass is 371 g/mol. The Labute approximate surface area is 143 Å². The van der Waals surface area contributed by atoms with Gasteiger partial charge in [0.25, 0.3) is 0 Å². The van der Waals surface area contributed by atoms with Crippen LogP contribution >= 0.6 is 0 Å². The molecule has 3 rings (SSSR count). The quantitative estimate of drug-likeness (QED) is 0.695. The first kappa shape index (κ1) is 17.6. The average molecular weight is 371 g/mol. The van der Waals surface area contributed by atoms with Crippen LogP contribution in [0.4, 0.5) is 4.79 Å². The standard InChI is InChI=1S/C14H17N3O7S/c18-13(19)7-11(9-3-5-15-6-4-9)12-2-1-10-8-16(12)14(20)17(10)24-25(21,22)23/h3-6,10-12H,1-2,7-8H2,(H,18,19)(H,21,22,23)/t10-,11?,12?/m1/s1. The van der Waals surface area contributed by atoms with Gasteiger partial charge in [-0.25, -0.2) is 4.79 Å². The summed E-state index contributed by atoms with van der Waals surface area (Å²) in [5.41, 5.74) is 0.739. The van der Waals surface area contributed by atoms with Crippen LogP contribution in [0.1, 0.15) is 30.7 Å². The fourth-order valence-corrected chi connectivity index (χ4v) is 3.94. The number of pyridine rings is 1. The van der Waals surface area contributed by atoms with E-state index in [4.69, 9.17) is 4.55 Å². The maximum absolute atomic E-state index is 12.5. The molecule has 2 aliphatic heterocycles. The van der Waals surface area contributed by atoms with Crippen molar-refractivity contribution in [3.8, 4) is 0 Å². The summed E-state index contributed by atoms with van der Waals surface area (Å²) in [4.78, 5) is 29.1. The first-order valence-corrected chi connectivity index (χ1v) is 9.01. The molecule has 2 unspecified atom stereocenters.